The smallest absolute Gasteiger partial charge is 0.262 e. The summed E-state index contributed by atoms with van der Waals surface area (Å²) < 4.78 is 31.1. The van der Waals surface area contributed by atoms with E-state index < -0.39 is 17.5 Å². The van der Waals surface area contributed by atoms with Crippen LogP contribution in [0.1, 0.15) is 11.1 Å². The van der Waals surface area contributed by atoms with Crippen LogP contribution in [0.5, 0.6) is 5.75 Å². The highest BCUT2D eigenvalue weighted by Crippen LogP contribution is 2.17. The Morgan fingerprint density at radius 1 is 1.05 bits per heavy atom. The zero-order valence-electron chi connectivity index (χ0n) is 11.7. The first-order valence-corrected chi connectivity index (χ1v) is 6.40. The third-order valence-electron chi connectivity index (χ3n) is 3.05. The molecule has 0 saturated heterocycles. The van der Waals surface area contributed by atoms with Crippen LogP contribution in [0.3, 0.4) is 0 Å². The van der Waals surface area contributed by atoms with E-state index in [2.05, 4.69) is 5.32 Å². The van der Waals surface area contributed by atoms with Gasteiger partial charge in [0.1, 0.15) is 5.75 Å². The monoisotopic (exact) mass is 291 g/mol. The number of halogens is 2. The zero-order valence-corrected chi connectivity index (χ0v) is 11.7. The van der Waals surface area contributed by atoms with Gasteiger partial charge in [-0.15, -0.1) is 0 Å². The largest absolute Gasteiger partial charge is 0.484 e. The molecule has 5 heteroatoms. The van der Waals surface area contributed by atoms with Gasteiger partial charge in [-0.25, -0.2) is 8.78 Å². The Hall–Kier alpha value is -2.43. The van der Waals surface area contributed by atoms with Crippen molar-refractivity contribution in [2.45, 2.75) is 13.8 Å². The van der Waals surface area contributed by atoms with Crippen molar-refractivity contribution in [1.82, 2.24) is 0 Å². The Morgan fingerprint density at radius 3 is 2.48 bits per heavy atom. The third-order valence-corrected chi connectivity index (χ3v) is 3.05. The Kier molecular flexibility index (Phi) is 4.52. The summed E-state index contributed by atoms with van der Waals surface area (Å²) in [4.78, 5) is 11.7. The molecule has 0 spiro atoms. The van der Waals surface area contributed by atoms with Crippen LogP contribution in [0.2, 0.25) is 0 Å². The SMILES string of the molecule is Cc1ccc(OCC(=O)Nc2ccc(F)c(F)c2)cc1C. The molecule has 2 aromatic rings. The highest BCUT2D eigenvalue weighted by molar-refractivity contribution is 5.91. The fraction of sp³-hybridized carbons (Fsp3) is 0.188. The molecule has 110 valence electrons. The van der Waals surface area contributed by atoms with Crippen LogP contribution in [0.15, 0.2) is 36.4 Å². The predicted molar refractivity (Wildman–Crippen MR) is 76.4 cm³/mol. The van der Waals surface area contributed by atoms with Crippen molar-refractivity contribution in [3.05, 3.63) is 59.2 Å². The second kappa shape index (κ2) is 6.35. The second-order valence-electron chi connectivity index (χ2n) is 4.71. The summed E-state index contributed by atoms with van der Waals surface area (Å²) >= 11 is 0. The van der Waals surface area contributed by atoms with E-state index >= 15 is 0 Å². The summed E-state index contributed by atoms with van der Waals surface area (Å²) in [6, 6.07) is 8.66. The molecule has 0 fully saturated rings. The number of hydrogen-bond acceptors (Lipinski definition) is 2. The highest BCUT2D eigenvalue weighted by atomic mass is 19.2. The molecule has 0 atom stereocenters. The standard InChI is InChI=1S/C16H15F2NO2/c1-10-3-5-13(7-11(10)2)21-9-16(20)19-12-4-6-14(17)15(18)8-12/h3-8H,9H2,1-2H3,(H,19,20). The lowest BCUT2D eigenvalue weighted by Crippen LogP contribution is -2.20. The number of ether oxygens (including phenoxy) is 1. The van der Waals surface area contributed by atoms with Crippen molar-refractivity contribution >= 4 is 11.6 Å². The topological polar surface area (TPSA) is 38.3 Å². The van der Waals surface area contributed by atoms with Gasteiger partial charge < -0.3 is 10.1 Å². The van der Waals surface area contributed by atoms with Crippen molar-refractivity contribution in [2.24, 2.45) is 0 Å². The summed E-state index contributed by atoms with van der Waals surface area (Å²) in [6.45, 7) is 3.72. The van der Waals surface area contributed by atoms with Crippen LogP contribution >= 0.6 is 0 Å². The van der Waals surface area contributed by atoms with Crippen molar-refractivity contribution in [3.63, 3.8) is 0 Å². The quantitative estimate of drug-likeness (QED) is 0.934. The Balaban J connectivity index is 1.92. The number of nitrogens with one attached hydrogen (secondary N) is 1. The number of benzene rings is 2. The molecule has 0 radical (unpaired) electrons. The average Bonchev–Trinajstić information content (AvgIpc) is 2.44. The van der Waals surface area contributed by atoms with Crippen molar-refractivity contribution in [3.8, 4) is 5.75 Å². The van der Waals surface area contributed by atoms with Gasteiger partial charge >= 0.3 is 0 Å². The predicted octanol–water partition coefficient (Wildman–Crippen LogP) is 3.60. The van der Waals surface area contributed by atoms with Gasteiger partial charge in [0, 0.05) is 11.8 Å². The van der Waals surface area contributed by atoms with Crippen molar-refractivity contribution in [2.75, 3.05) is 11.9 Å². The van der Waals surface area contributed by atoms with Crippen LogP contribution in [-0.4, -0.2) is 12.5 Å². The summed E-state index contributed by atoms with van der Waals surface area (Å²) in [5, 5.41) is 2.44. The third kappa shape index (κ3) is 4.02. The Bertz CT molecular complexity index is 671. The second-order valence-corrected chi connectivity index (χ2v) is 4.71. The first-order valence-electron chi connectivity index (χ1n) is 6.40. The minimum atomic E-state index is -1.01. The molecule has 2 aromatic carbocycles. The van der Waals surface area contributed by atoms with E-state index in [0.29, 0.717) is 5.75 Å². The van der Waals surface area contributed by atoms with Crippen molar-refractivity contribution in [1.29, 1.82) is 0 Å². The van der Waals surface area contributed by atoms with Gasteiger partial charge in [0.25, 0.3) is 5.91 Å². The molecule has 0 aliphatic carbocycles. The minimum Gasteiger partial charge on any atom is -0.484 e. The van der Waals surface area contributed by atoms with Crippen LogP contribution in [0.4, 0.5) is 14.5 Å². The molecule has 0 bridgehead atoms. The Labute approximate surface area is 121 Å². The van der Waals surface area contributed by atoms with E-state index in [0.717, 1.165) is 23.3 Å². The Morgan fingerprint density at radius 2 is 1.81 bits per heavy atom. The molecule has 0 aliphatic rings. The van der Waals surface area contributed by atoms with Gasteiger partial charge in [-0.05, 0) is 49.2 Å². The molecular weight excluding hydrogens is 276 g/mol. The molecular formula is C16H15F2NO2. The molecule has 2 rings (SSSR count). The normalized spacial score (nSPS) is 10.3. The fourth-order valence-corrected chi connectivity index (χ4v) is 1.72. The maximum atomic E-state index is 13.0. The maximum absolute atomic E-state index is 13.0. The molecule has 0 aliphatic heterocycles. The van der Waals surface area contributed by atoms with Crippen LogP contribution in [-0.2, 0) is 4.79 Å². The number of carbonyl (C=O) groups excluding carboxylic acids is 1. The lowest BCUT2D eigenvalue weighted by molar-refractivity contribution is -0.118. The zero-order chi connectivity index (χ0) is 15.4. The van der Waals surface area contributed by atoms with Gasteiger partial charge in [0.15, 0.2) is 18.2 Å². The van der Waals surface area contributed by atoms with Gasteiger partial charge in [-0.1, -0.05) is 6.07 Å². The highest BCUT2D eigenvalue weighted by Gasteiger charge is 2.07. The summed E-state index contributed by atoms with van der Waals surface area (Å²) in [5.74, 6) is -1.83. The molecule has 0 unspecified atom stereocenters. The molecule has 1 N–H and O–H groups in total. The van der Waals surface area contributed by atoms with Crippen LogP contribution in [0.25, 0.3) is 0 Å². The number of aryl methyl sites for hydroxylation is 2. The van der Waals surface area contributed by atoms with E-state index in [1.165, 1.54) is 6.07 Å². The van der Waals surface area contributed by atoms with E-state index in [1.54, 1.807) is 6.07 Å². The number of amides is 1. The van der Waals surface area contributed by atoms with Gasteiger partial charge in [0.2, 0.25) is 0 Å². The molecule has 0 aromatic heterocycles. The molecule has 0 saturated carbocycles. The summed E-state index contributed by atoms with van der Waals surface area (Å²) in [5.41, 5.74) is 2.38. The average molecular weight is 291 g/mol. The lowest BCUT2D eigenvalue weighted by atomic mass is 10.1. The number of anilines is 1. The fourth-order valence-electron chi connectivity index (χ4n) is 1.72. The van der Waals surface area contributed by atoms with Gasteiger partial charge in [-0.2, -0.15) is 0 Å². The van der Waals surface area contributed by atoms with Crippen LogP contribution < -0.4 is 10.1 Å². The first kappa shape index (κ1) is 15.0. The lowest BCUT2D eigenvalue weighted by Gasteiger charge is -2.09. The molecule has 0 heterocycles. The number of rotatable bonds is 4. The number of carbonyl (C=O) groups is 1. The van der Waals surface area contributed by atoms with Crippen LogP contribution in [0, 0.1) is 25.5 Å². The maximum Gasteiger partial charge on any atom is 0.262 e. The molecule has 3 nitrogen and oxygen atoms in total. The first-order chi connectivity index (χ1) is 9.95. The van der Waals surface area contributed by atoms with Gasteiger partial charge in [-0.3, -0.25) is 4.79 Å². The van der Waals surface area contributed by atoms with E-state index in [9.17, 15) is 13.6 Å². The van der Waals surface area contributed by atoms with E-state index in [1.807, 2.05) is 26.0 Å². The summed E-state index contributed by atoms with van der Waals surface area (Å²) in [6.07, 6.45) is 0. The van der Waals surface area contributed by atoms with E-state index in [4.69, 9.17) is 4.74 Å². The minimum absolute atomic E-state index is 0.183. The molecule has 21 heavy (non-hydrogen) atoms. The van der Waals surface area contributed by atoms with Gasteiger partial charge in [0.05, 0.1) is 0 Å². The van der Waals surface area contributed by atoms with Crippen molar-refractivity contribution < 1.29 is 18.3 Å². The molecule has 1 amide bonds. The summed E-state index contributed by atoms with van der Waals surface area (Å²) in [7, 11) is 0. The van der Waals surface area contributed by atoms with E-state index in [-0.39, 0.29) is 12.3 Å². The number of hydrogen-bond donors (Lipinski definition) is 1.